The number of rotatable bonds is 23. The largest absolute Gasteiger partial charge is 0.504 e. The van der Waals surface area contributed by atoms with Crippen LogP contribution in [0.2, 0.25) is 0 Å². The Kier molecular flexibility index (Phi) is 17.3. The van der Waals surface area contributed by atoms with Crippen molar-refractivity contribution in [1.82, 2.24) is 26.6 Å². The fourth-order valence-corrected chi connectivity index (χ4v) is 9.97. The summed E-state index contributed by atoms with van der Waals surface area (Å²) in [7, 11) is -0.890. The Morgan fingerprint density at radius 1 is 0.721 bits per heavy atom. The van der Waals surface area contributed by atoms with Crippen LogP contribution in [0.4, 0.5) is 0 Å². The van der Waals surface area contributed by atoms with Crippen molar-refractivity contribution >= 4 is 36.7 Å². The van der Waals surface area contributed by atoms with Crippen molar-refractivity contribution in [3.05, 3.63) is 83.4 Å². The molecule has 5 amide bonds. The van der Waals surface area contributed by atoms with Crippen molar-refractivity contribution in [2.45, 2.75) is 141 Å². The minimum absolute atomic E-state index is 0.0240. The second kappa shape index (κ2) is 22.7. The number of nitrogens with two attached hydrogens (primary N) is 3. The van der Waals surface area contributed by atoms with E-state index in [1.54, 1.807) is 12.1 Å². The molecule has 1 saturated heterocycles. The molecule has 1 aliphatic heterocycles. The highest BCUT2D eigenvalue weighted by molar-refractivity contribution is 6.47. The number of phenolic OH excluding ortho intramolecular Hbond substituents is 2. The van der Waals surface area contributed by atoms with Crippen LogP contribution in [-0.2, 0) is 41.3 Å². The van der Waals surface area contributed by atoms with Gasteiger partial charge in [-0.05, 0) is 142 Å². The van der Waals surface area contributed by atoms with Crippen molar-refractivity contribution in [2.75, 3.05) is 13.1 Å². The van der Waals surface area contributed by atoms with Crippen LogP contribution in [0.5, 0.6) is 11.5 Å². The second-order valence-corrected chi connectivity index (χ2v) is 19.5. The smallest absolute Gasteiger partial charge is 0.497 e. The molecule has 3 aromatic rings. The summed E-state index contributed by atoms with van der Waals surface area (Å²) >= 11 is 0. The Morgan fingerprint density at radius 3 is 1.97 bits per heavy atom. The number of amides is 5. The number of hydrogen-bond acceptors (Lipinski definition) is 12. The van der Waals surface area contributed by atoms with Gasteiger partial charge >= 0.3 is 7.12 Å². The third-order valence-corrected chi connectivity index (χ3v) is 14.3. The van der Waals surface area contributed by atoms with Crippen molar-refractivity contribution in [3.63, 3.8) is 0 Å². The predicted molar refractivity (Wildman–Crippen MR) is 259 cm³/mol. The molecule has 1 heterocycles. The van der Waals surface area contributed by atoms with Gasteiger partial charge in [-0.1, -0.05) is 69.7 Å². The summed E-state index contributed by atoms with van der Waals surface area (Å²) in [6.07, 6.45) is 6.15. The molecule has 0 spiro atoms. The van der Waals surface area contributed by atoms with Gasteiger partial charge in [-0.25, -0.2) is 0 Å². The van der Waals surface area contributed by atoms with Crippen LogP contribution in [0.1, 0.15) is 107 Å². The van der Waals surface area contributed by atoms with Crippen LogP contribution in [0.3, 0.4) is 0 Å². The van der Waals surface area contributed by atoms with Crippen LogP contribution in [-0.4, -0.2) is 102 Å². The van der Waals surface area contributed by atoms with Crippen LogP contribution in [0.15, 0.2) is 66.7 Å². The maximum absolute atomic E-state index is 14.0. The van der Waals surface area contributed by atoms with Gasteiger partial charge in [-0.3, -0.25) is 24.0 Å². The Morgan fingerprint density at radius 2 is 1.34 bits per heavy atom. The van der Waals surface area contributed by atoms with E-state index in [0.717, 1.165) is 43.2 Å². The summed E-state index contributed by atoms with van der Waals surface area (Å²) < 4.78 is 12.7. The van der Waals surface area contributed by atoms with Gasteiger partial charge in [0.1, 0.15) is 30.2 Å². The molecule has 4 aliphatic rings. The zero-order chi connectivity index (χ0) is 49.3. The number of unbranched alkanes of at least 4 members (excludes halogenated alkanes) is 2. The van der Waals surface area contributed by atoms with E-state index >= 15 is 0 Å². The van der Waals surface area contributed by atoms with E-state index in [0.29, 0.717) is 42.3 Å². The normalized spacial score (nSPS) is 22.3. The Bertz CT molecular complexity index is 2250. The summed E-state index contributed by atoms with van der Waals surface area (Å²) in [5.41, 5.74) is 21.6. The molecule has 0 radical (unpaired) electrons. The van der Waals surface area contributed by atoms with Gasteiger partial charge in [0.15, 0.2) is 11.5 Å². The molecular formula is C50H71BN8O9. The maximum Gasteiger partial charge on any atom is 0.497 e. The molecule has 13 N–H and O–H groups in total. The third-order valence-electron chi connectivity index (χ3n) is 14.3. The van der Waals surface area contributed by atoms with E-state index < -0.39 is 78.2 Å². The molecule has 2 bridgehead atoms. The number of phenols is 2. The van der Waals surface area contributed by atoms with Crippen LogP contribution in [0.25, 0.3) is 11.1 Å². The first kappa shape index (κ1) is 51.9. The third kappa shape index (κ3) is 12.2. The zero-order valence-corrected chi connectivity index (χ0v) is 40.0. The first-order valence-electron chi connectivity index (χ1n) is 24.1. The van der Waals surface area contributed by atoms with Gasteiger partial charge in [0.2, 0.25) is 23.6 Å². The molecule has 4 fully saturated rings. The number of carbonyl (C=O) groups is 5. The fourth-order valence-electron chi connectivity index (χ4n) is 9.97. The summed E-state index contributed by atoms with van der Waals surface area (Å²) in [6.45, 7) is 10.5. The molecule has 3 aromatic carbocycles. The SMILES string of the molecule is CCCCc1ccc(-c2ccc(C(=O)N[C@@H](CCN)C(=O)NC(Cc3ccc(O)c(O)c3)C(=O)N[C@@H](C)C(=O)N[C@@H](CCCCN)C(=O)N[C@@H](N)B3OC4C[C@@H]5C[C@@H](C5(C)C)[C@]4(C)O3)cc2)cc1. The van der Waals surface area contributed by atoms with Crippen molar-refractivity contribution < 1.29 is 43.5 Å². The lowest BCUT2D eigenvalue weighted by molar-refractivity contribution is -0.199. The molecule has 368 valence electrons. The Hall–Kier alpha value is -5.53. The Labute approximate surface area is 399 Å². The van der Waals surface area contributed by atoms with Gasteiger partial charge in [-0.2, -0.15) is 0 Å². The molecule has 3 saturated carbocycles. The predicted octanol–water partition coefficient (Wildman–Crippen LogP) is 3.07. The first-order valence-corrected chi connectivity index (χ1v) is 24.1. The molecule has 3 aliphatic carbocycles. The van der Waals surface area contributed by atoms with E-state index in [1.807, 2.05) is 24.3 Å². The minimum Gasteiger partial charge on any atom is -0.504 e. The number of aryl methyl sites for hydroxylation is 1. The fraction of sp³-hybridized carbons (Fsp3) is 0.540. The maximum atomic E-state index is 14.0. The molecule has 68 heavy (non-hydrogen) atoms. The van der Waals surface area contributed by atoms with Gasteiger partial charge in [-0.15, -0.1) is 0 Å². The summed E-state index contributed by atoms with van der Waals surface area (Å²) in [6, 6.07) is 13.4. The lowest BCUT2D eigenvalue weighted by atomic mass is 9.43. The summed E-state index contributed by atoms with van der Waals surface area (Å²) in [4.78, 5) is 69.0. The van der Waals surface area contributed by atoms with E-state index in [1.165, 1.54) is 30.7 Å². The lowest BCUT2D eigenvalue weighted by Crippen LogP contribution is -2.65. The van der Waals surface area contributed by atoms with E-state index in [4.69, 9.17) is 26.5 Å². The molecule has 18 heteroatoms. The average Bonchev–Trinajstić information content (AvgIpc) is 3.69. The molecule has 7 rings (SSSR count). The van der Waals surface area contributed by atoms with Crippen LogP contribution in [0, 0.1) is 17.3 Å². The van der Waals surface area contributed by atoms with Crippen LogP contribution >= 0.6 is 0 Å². The average molecular weight is 939 g/mol. The number of nitrogens with one attached hydrogen (secondary N) is 5. The quantitative estimate of drug-likeness (QED) is 0.0284. The number of aromatic hydroxyl groups is 2. The minimum atomic E-state index is -1.35. The second-order valence-electron chi connectivity index (χ2n) is 19.5. The molecular weight excluding hydrogens is 867 g/mol. The lowest BCUT2D eigenvalue weighted by Gasteiger charge is -2.64. The summed E-state index contributed by atoms with van der Waals surface area (Å²) in [5.74, 6) is -3.30. The number of benzene rings is 3. The molecule has 0 aromatic heterocycles. The van der Waals surface area contributed by atoms with Crippen molar-refractivity contribution in [1.29, 1.82) is 0 Å². The number of carbonyl (C=O) groups excluding carboxylic acids is 5. The Balaban J connectivity index is 1.09. The molecule has 9 atom stereocenters. The highest BCUT2D eigenvalue weighted by Crippen LogP contribution is 2.65. The zero-order valence-electron chi connectivity index (χ0n) is 40.0. The molecule has 17 nitrogen and oxygen atoms in total. The first-order chi connectivity index (χ1) is 32.4. The van der Waals surface area contributed by atoms with Crippen molar-refractivity contribution in [3.8, 4) is 22.6 Å². The topological polar surface area (TPSA) is 282 Å². The van der Waals surface area contributed by atoms with E-state index in [-0.39, 0.29) is 43.1 Å². The van der Waals surface area contributed by atoms with Gasteiger partial charge in [0.25, 0.3) is 5.91 Å². The highest BCUT2D eigenvalue weighted by atomic mass is 16.7. The standard InChI is InChI=1S/C50H71BN8O9/c1-6-7-10-30-12-15-32(16-13-30)33-17-19-34(20-18-33)44(63)57-37(22-24-53)45(64)58-38(25-31-14-21-39(60)40(61)26-31)47(66)55-29(2)43(62)56-36(11-8-9-23-52)46(65)59-48(54)51-67-42-28-35-27-41(49(35,3)4)50(42,5)68-51/h12-21,26,29,35-38,41-42,48,60-61H,6-11,22-25,27-28,52-54H2,1-5H3,(H,55,66)(H,56,62)(H,57,63)(H,58,64)(H,59,65)/t29-,35-,36-,37-,38?,41-,42?,48+,50-/m0/s1. The van der Waals surface area contributed by atoms with Crippen molar-refractivity contribution in [2.24, 2.45) is 34.5 Å². The van der Waals surface area contributed by atoms with E-state index in [2.05, 4.69) is 66.4 Å². The van der Waals surface area contributed by atoms with Gasteiger partial charge < -0.3 is 63.3 Å². The van der Waals surface area contributed by atoms with Gasteiger partial charge in [0, 0.05) is 12.0 Å². The highest BCUT2D eigenvalue weighted by Gasteiger charge is 2.68. The summed E-state index contributed by atoms with van der Waals surface area (Å²) in [5, 5.41) is 33.8. The monoisotopic (exact) mass is 939 g/mol. The van der Waals surface area contributed by atoms with Gasteiger partial charge in [0.05, 0.1) is 11.7 Å². The molecule has 2 unspecified atom stereocenters. The van der Waals surface area contributed by atoms with E-state index in [9.17, 15) is 34.2 Å². The number of hydrogen-bond donors (Lipinski definition) is 10. The van der Waals surface area contributed by atoms with Crippen LogP contribution < -0.4 is 43.8 Å².